The Morgan fingerprint density at radius 1 is 1.33 bits per heavy atom. The fourth-order valence-electron chi connectivity index (χ4n) is 1.62. The van der Waals surface area contributed by atoms with Gasteiger partial charge in [0.2, 0.25) is 5.91 Å². The smallest absolute Gasteiger partial charge is 0.305 e. The second-order valence-corrected chi connectivity index (χ2v) is 4.62. The van der Waals surface area contributed by atoms with Crippen LogP contribution in [0.4, 0.5) is 0 Å². The van der Waals surface area contributed by atoms with Crippen LogP contribution in [0.5, 0.6) is 5.75 Å². The Morgan fingerprint density at radius 3 is 2.71 bits per heavy atom. The van der Waals surface area contributed by atoms with E-state index in [1.807, 2.05) is 31.2 Å². The highest BCUT2D eigenvalue weighted by Crippen LogP contribution is 2.19. The molecule has 0 spiro atoms. The van der Waals surface area contributed by atoms with Gasteiger partial charge in [-0.3, -0.25) is 9.59 Å². The molecular formula is C16H21NO4. The number of aliphatic carboxylic acids is 1. The van der Waals surface area contributed by atoms with Gasteiger partial charge in [-0.2, -0.15) is 0 Å². The van der Waals surface area contributed by atoms with Crippen LogP contribution < -0.4 is 4.74 Å². The zero-order chi connectivity index (χ0) is 15.7. The minimum atomic E-state index is -0.919. The number of carbonyl (C=O) groups excluding carboxylic acids is 1. The summed E-state index contributed by atoms with van der Waals surface area (Å²) in [5, 5.41) is 8.60. The van der Waals surface area contributed by atoms with E-state index < -0.39 is 5.97 Å². The van der Waals surface area contributed by atoms with Crippen molar-refractivity contribution in [2.75, 3.05) is 20.2 Å². The van der Waals surface area contributed by atoms with Gasteiger partial charge in [0.1, 0.15) is 5.75 Å². The van der Waals surface area contributed by atoms with Crippen molar-refractivity contribution in [1.82, 2.24) is 4.90 Å². The first-order chi connectivity index (χ1) is 10.0. The Balaban J connectivity index is 2.66. The number of hydrogen-bond donors (Lipinski definition) is 1. The molecule has 114 valence electrons. The van der Waals surface area contributed by atoms with Crippen LogP contribution in [0.25, 0.3) is 6.08 Å². The number of ether oxygens (including phenoxy) is 1. The van der Waals surface area contributed by atoms with E-state index in [1.165, 1.54) is 11.0 Å². The first-order valence-corrected chi connectivity index (χ1v) is 6.91. The molecule has 5 nitrogen and oxygen atoms in total. The Bertz CT molecular complexity index is 511. The number of carboxylic acid groups (broad SMARTS) is 1. The zero-order valence-electron chi connectivity index (χ0n) is 12.4. The monoisotopic (exact) mass is 291 g/mol. The van der Waals surface area contributed by atoms with Gasteiger partial charge in [-0.05, 0) is 18.6 Å². The molecule has 5 heteroatoms. The number of carboxylic acids is 1. The fraction of sp³-hybridized carbons (Fsp3) is 0.375. The predicted octanol–water partition coefficient (Wildman–Crippen LogP) is 2.42. The van der Waals surface area contributed by atoms with Crippen LogP contribution in [-0.4, -0.2) is 42.1 Å². The highest BCUT2D eigenvalue weighted by molar-refractivity contribution is 5.92. The first-order valence-electron chi connectivity index (χ1n) is 6.91. The summed E-state index contributed by atoms with van der Waals surface area (Å²) in [6.07, 6.45) is 3.96. The molecule has 0 saturated carbocycles. The van der Waals surface area contributed by atoms with E-state index >= 15 is 0 Å². The number of hydrogen-bond acceptors (Lipinski definition) is 3. The van der Waals surface area contributed by atoms with Gasteiger partial charge in [0, 0.05) is 25.2 Å². The van der Waals surface area contributed by atoms with Crippen molar-refractivity contribution in [2.24, 2.45) is 0 Å². The van der Waals surface area contributed by atoms with Crippen LogP contribution in [-0.2, 0) is 9.59 Å². The second-order valence-electron chi connectivity index (χ2n) is 4.62. The molecule has 0 atom stereocenters. The van der Waals surface area contributed by atoms with E-state index in [4.69, 9.17) is 9.84 Å². The van der Waals surface area contributed by atoms with Gasteiger partial charge in [-0.25, -0.2) is 0 Å². The molecule has 0 aromatic heterocycles. The molecule has 0 aliphatic heterocycles. The molecule has 1 aromatic carbocycles. The summed E-state index contributed by atoms with van der Waals surface area (Å²) in [5.41, 5.74) is 0.825. The maximum absolute atomic E-state index is 11.9. The number of nitrogens with zero attached hydrogens (tertiary/aromatic N) is 1. The SMILES string of the molecule is CCCOc1ccccc1/C=C/C(=O)N(C)CCC(=O)O. The van der Waals surface area contributed by atoms with Gasteiger partial charge in [0.25, 0.3) is 0 Å². The Hall–Kier alpha value is -2.30. The third-order valence-corrected chi connectivity index (χ3v) is 2.82. The fourth-order valence-corrected chi connectivity index (χ4v) is 1.62. The summed E-state index contributed by atoms with van der Waals surface area (Å²) >= 11 is 0. The molecule has 0 bridgehead atoms. The quantitative estimate of drug-likeness (QED) is 0.747. The van der Waals surface area contributed by atoms with E-state index in [2.05, 4.69) is 0 Å². The highest BCUT2D eigenvalue weighted by atomic mass is 16.5. The molecule has 0 unspecified atom stereocenters. The highest BCUT2D eigenvalue weighted by Gasteiger charge is 2.07. The van der Waals surface area contributed by atoms with Crippen molar-refractivity contribution in [3.8, 4) is 5.75 Å². The Kier molecular flexibility index (Phi) is 7.01. The lowest BCUT2D eigenvalue weighted by atomic mass is 10.2. The maximum atomic E-state index is 11.9. The maximum Gasteiger partial charge on any atom is 0.305 e. The minimum Gasteiger partial charge on any atom is -0.493 e. The molecule has 21 heavy (non-hydrogen) atoms. The average Bonchev–Trinajstić information content (AvgIpc) is 2.48. The number of likely N-dealkylation sites (N-methyl/N-ethyl adjacent to an activating group) is 1. The third kappa shape index (κ3) is 6.12. The van der Waals surface area contributed by atoms with Gasteiger partial charge in [0.15, 0.2) is 0 Å². The van der Waals surface area contributed by atoms with Crippen LogP contribution in [0.2, 0.25) is 0 Å². The first kappa shape index (κ1) is 16.8. The van der Waals surface area contributed by atoms with Crippen LogP contribution >= 0.6 is 0 Å². The zero-order valence-corrected chi connectivity index (χ0v) is 12.4. The summed E-state index contributed by atoms with van der Waals surface area (Å²) in [7, 11) is 1.58. The van der Waals surface area contributed by atoms with E-state index in [9.17, 15) is 9.59 Å². The van der Waals surface area contributed by atoms with Gasteiger partial charge in [0.05, 0.1) is 13.0 Å². The largest absolute Gasteiger partial charge is 0.493 e. The number of benzene rings is 1. The molecule has 0 radical (unpaired) electrons. The lowest BCUT2D eigenvalue weighted by Gasteiger charge is -2.13. The van der Waals surface area contributed by atoms with Gasteiger partial charge < -0.3 is 14.7 Å². The number of amides is 1. The molecule has 1 N–H and O–H groups in total. The lowest BCUT2D eigenvalue weighted by Crippen LogP contribution is -2.27. The Morgan fingerprint density at radius 2 is 2.05 bits per heavy atom. The van der Waals surface area contributed by atoms with E-state index in [-0.39, 0.29) is 18.9 Å². The second kappa shape index (κ2) is 8.79. The number of para-hydroxylation sites is 1. The van der Waals surface area contributed by atoms with Crippen molar-refractivity contribution < 1.29 is 19.4 Å². The predicted molar refractivity (Wildman–Crippen MR) is 81.2 cm³/mol. The van der Waals surface area contributed by atoms with Gasteiger partial charge in [-0.15, -0.1) is 0 Å². The van der Waals surface area contributed by atoms with Crippen LogP contribution in [0.1, 0.15) is 25.3 Å². The molecule has 0 saturated heterocycles. The molecule has 0 fully saturated rings. The summed E-state index contributed by atoms with van der Waals surface area (Å²) in [4.78, 5) is 23.7. The molecule has 0 aliphatic rings. The number of rotatable bonds is 8. The van der Waals surface area contributed by atoms with Crippen LogP contribution in [0.3, 0.4) is 0 Å². The van der Waals surface area contributed by atoms with Crippen molar-refractivity contribution in [2.45, 2.75) is 19.8 Å². The normalized spacial score (nSPS) is 10.6. The molecule has 0 aliphatic carbocycles. The van der Waals surface area contributed by atoms with Crippen LogP contribution in [0.15, 0.2) is 30.3 Å². The van der Waals surface area contributed by atoms with E-state index in [1.54, 1.807) is 13.1 Å². The van der Waals surface area contributed by atoms with E-state index in [0.29, 0.717) is 6.61 Å². The van der Waals surface area contributed by atoms with Gasteiger partial charge >= 0.3 is 5.97 Å². The molecule has 1 rings (SSSR count). The topological polar surface area (TPSA) is 66.8 Å². The number of carbonyl (C=O) groups is 2. The molecule has 0 heterocycles. The van der Waals surface area contributed by atoms with Crippen LogP contribution in [0, 0.1) is 0 Å². The molecule has 1 aromatic rings. The summed E-state index contributed by atoms with van der Waals surface area (Å²) in [6.45, 7) is 2.84. The van der Waals surface area contributed by atoms with Crippen molar-refractivity contribution >= 4 is 18.0 Å². The third-order valence-electron chi connectivity index (χ3n) is 2.82. The van der Waals surface area contributed by atoms with Gasteiger partial charge in [-0.1, -0.05) is 25.1 Å². The van der Waals surface area contributed by atoms with Crippen molar-refractivity contribution in [3.63, 3.8) is 0 Å². The van der Waals surface area contributed by atoms with Crippen molar-refractivity contribution in [3.05, 3.63) is 35.9 Å². The summed E-state index contributed by atoms with van der Waals surface area (Å²) < 4.78 is 5.60. The lowest BCUT2D eigenvalue weighted by molar-refractivity contribution is -0.137. The van der Waals surface area contributed by atoms with E-state index in [0.717, 1.165) is 17.7 Å². The summed E-state index contributed by atoms with van der Waals surface area (Å²) in [6, 6.07) is 7.47. The summed E-state index contributed by atoms with van der Waals surface area (Å²) in [5.74, 6) is -0.421. The van der Waals surface area contributed by atoms with Crippen molar-refractivity contribution in [1.29, 1.82) is 0 Å². The molecule has 1 amide bonds. The molecular weight excluding hydrogens is 270 g/mol. The standard InChI is InChI=1S/C16H21NO4/c1-3-12-21-14-7-5-4-6-13(14)8-9-15(18)17(2)11-10-16(19)20/h4-9H,3,10-12H2,1-2H3,(H,19,20)/b9-8+. The minimum absolute atomic E-state index is 0.0632. The average molecular weight is 291 g/mol. The Labute approximate surface area is 124 Å².